The van der Waals surface area contributed by atoms with Crippen LogP contribution in [0, 0.1) is 0 Å². The van der Waals surface area contributed by atoms with E-state index >= 15 is 0 Å². The normalized spacial score (nSPS) is 17.6. The quantitative estimate of drug-likeness (QED) is 0.878. The lowest BCUT2D eigenvalue weighted by molar-refractivity contribution is 0.421. The van der Waals surface area contributed by atoms with E-state index in [-0.39, 0.29) is 0 Å². The van der Waals surface area contributed by atoms with Gasteiger partial charge >= 0.3 is 0 Å². The van der Waals surface area contributed by atoms with Gasteiger partial charge in [0.2, 0.25) is 0 Å². The third-order valence-electron chi connectivity index (χ3n) is 4.55. The van der Waals surface area contributed by atoms with E-state index in [1.165, 1.54) is 37.9 Å². The summed E-state index contributed by atoms with van der Waals surface area (Å²) in [5.74, 6) is 3.28. The summed E-state index contributed by atoms with van der Waals surface area (Å²) < 4.78 is 2.14. The predicted molar refractivity (Wildman–Crippen MR) is 76.8 cm³/mol. The molecule has 102 valence electrons. The van der Waals surface area contributed by atoms with Gasteiger partial charge in [0, 0.05) is 18.9 Å². The number of anilines is 1. The van der Waals surface area contributed by atoms with Crippen molar-refractivity contribution in [1.29, 1.82) is 0 Å². The van der Waals surface area contributed by atoms with E-state index in [1.807, 2.05) is 0 Å². The van der Waals surface area contributed by atoms with Crippen LogP contribution in [0.3, 0.4) is 0 Å². The minimum absolute atomic E-state index is 0.522. The first-order chi connectivity index (χ1) is 8.69. The number of nitrogens with zero attached hydrogens (tertiary/aromatic N) is 2. The number of nitrogens with two attached hydrogens (primary N) is 1. The maximum absolute atomic E-state index is 6.26. The van der Waals surface area contributed by atoms with E-state index < -0.39 is 0 Å². The maximum Gasteiger partial charge on any atom is 0.126 e. The zero-order chi connectivity index (χ0) is 13.1. The van der Waals surface area contributed by atoms with Crippen molar-refractivity contribution in [2.75, 3.05) is 5.73 Å². The Labute approximate surface area is 111 Å². The molecule has 0 spiro atoms. The summed E-state index contributed by atoms with van der Waals surface area (Å²) in [4.78, 5) is 4.91. The molecule has 0 unspecified atom stereocenters. The van der Waals surface area contributed by atoms with Crippen molar-refractivity contribution < 1.29 is 0 Å². The molecule has 0 radical (unpaired) electrons. The van der Waals surface area contributed by atoms with E-state index in [0.717, 1.165) is 24.4 Å². The van der Waals surface area contributed by atoms with Crippen LogP contribution in [0.5, 0.6) is 0 Å². The lowest BCUT2D eigenvalue weighted by Crippen LogP contribution is -2.11. The van der Waals surface area contributed by atoms with Crippen molar-refractivity contribution in [3.8, 4) is 0 Å². The van der Waals surface area contributed by atoms with Crippen molar-refractivity contribution in [1.82, 2.24) is 9.55 Å². The topological polar surface area (TPSA) is 43.8 Å². The molecule has 1 aliphatic carbocycles. The van der Waals surface area contributed by atoms with Crippen molar-refractivity contribution >= 4 is 5.82 Å². The summed E-state index contributed by atoms with van der Waals surface area (Å²) in [5, 5.41) is 0. The Balaban J connectivity index is 2.28. The molecule has 1 saturated carbocycles. The highest BCUT2D eigenvalue weighted by molar-refractivity contribution is 5.41. The van der Waals surface area contributed by atoms with Crippen molar-refractivity contribution in [3.63, 3.8) is 0 Å². The second-order valence-electron chi connectivity index (χ2n) is 5.65. The summed E-state index contributed by atoms with van der Waals surface area (Å²) in [6.07, 6.45) is 8.90. The summed E-state index contributed by atoms with van der Waals surface area (Å²) in [5.41, 5.74) is 7.40. The molecule has 0 bridgehead atoms. The van der Waals surface area contributed by atoms with Gasteiger partial charge in [0.25, 0.3) is 0 Å². The van der Waals surface area contributed by atoms with Gasteiger partial charge in [-0.05, 0) is 25.7 Å². The maximum atomic E-state index is 6.26. The third-order valence-corrected chi connectivity index (χ3v) is 4.55. The van der Waals surface area contributed by atoms with E-state index in [4.69, 9.17) is 10.7 Å². The molecule has 0 amide bonds. The smallest absolute Gasteiger partial charge is 0.126 e. The SMILES string of the molecule is CCC(CC)c1nc(C2CCCCC2)n(C)c1N. The van der Waals surface area contributed by atoms with Gasteiger partial charge < -0.3 is 10.3 Å². The fourth-order valence-electron chi connectivity index (χ4n) is 3.25. The highest BCUT2D eigenvalue weighted by Crippen LogP contribution is 2.35. The van der Waals surface area contributed by atoms with Crippen LogP contribution in [0.1, 0.15) is 82.1 Å². The highest BCUT2D eigenvalue weighted by Gasteiger charge is 2.24. The molecule has 2 N–H and O–H groups in total. The van der Waals surface area contributed by atoms with Gasteiger partial charge in [-0.1, -0.05) is 33.1 Å². The van der Waals surface area contributed by atoms with Crippen LogP contribution in [0.4, 0.5) is 5.82 Å². The Hall–Kier alpha value is -0.990. The van der Waals surface area contributed by atoms with Gasteiger partial charge in [0.05, 0.1) is 5.69 Å². The van der Waals surface area contributed by atoms with E-state index in [2.05, 4.69) is 25.5 Å². The molecule has 0 atom stereocenters. The number of hydrogen-bond donors (Lipinski definition) is 1. The van der Waals surface area contributed by atoms with Crippen LogP contribution in [-0.4, -0.2) is 9.55 Å². The van der Waals surface area contributed by atoms with Crippen LogP contribution in [-0.2, 0) is 7.05 Å². The summed E-state index contributed by atoms with van der Waals surface area (Å²) in [6.45, 7) is 4.45. The number of hydrogen-bond acceptors (Lipinski definition) is 2. The summed E-state index contributed by atoms with van der Waals surface area (Å²) >= 11 is 0. The Morgan fingerprint density at radius 3 is 2.39 bits per heavy atom. The Morgan fingerprint density at radius 1 is 1.22 bits per heavy atom. The molecule has 1 aliphatic rings. The van der Waals surface area contributed by atoms with Gasteiger partial charge in [-0.15, -0.1) is 0 Å². The minimum atomic E-state index is 0.522. The molecule has 0 aromatic carbocycles. The largest absolute Gasteiger partial charge is 0.384 e. The molecule has 3 heteroatoms. The molecule has 1 fully saturated rings. The van der Waals surface area contributed by atoms with Crippen LogP contribution < -0.4 is 5.73 Å². The van der Waals surface area contributed by atoms with Gasteiger partial charge in [0.15, 0.2) is 0 Å². The molecule has 2 rings (SSSR count). The monoisotopic (exact) mass is 249 g/mol. The molecular weight excluding hydrogens is 222 g/mol. The summed E-state index contributed by atoms with van der Waals surface area (Å²) in [7, 11) is 2.08. The van der Waals surface area contributed by atoms with Crippen molar-refractivity contribution in [2.45, 2.75) is 70.6 Å². The van der Waals surface area contributed by atoms with Crippen molar-refractivity contribution in [2.24, 2.45) is 7.05 Å². The number of aromatic nitrogens is 2. The molecule has 0 saturated heterocycles. The van der Waals surface area contributed by atoms with Crippen LogP contribution >= 0.6 is 0 Å². The number of imidazole rings is 1. The third kappa shape index (κ3) is 2.40. The zero-order valence-electron chi connectivity index (χ0n) is 12.1. The molecule has 3 nitrogen and oxygen atoms in total. The first-order valence-corrected chi connectivity index (χ1v) is 7.50. The van der Waals surface area contributed by atoms with Crippen LogP contribution in [0.25, 0.3) is 0 Å². The first kappa shape index (κ1) is 13.4. The fraction of sp³-hybridized carbons (Fsp3) is 0.800. The highest BCUT2D eigenvalue weighted by atomic mass is 15.1. The van der Waals surface area contributed by atoms with Crippen molar-refractivity contribution in [3.05, 3.63) is 11.5 Å². The molecular formula is C15H27N3. The first-order valence-electron chi connectivity index (χ1n) is 7.50. The second kappa shape index (κ2) is 5.77. The Bertz CT molecular complexity index is 385. The van der Waals surface area contributed by atoms with Crippen LogP contribution in [0.15, 0.2) is 0 Å². The second-order valence-corrected chi connectivity index (χ2v) is 5.65. The molecule has 1 aromatic heterocycles. The number of nitrogen functional groups attached to an aromatic ring is 1. The van der Waals surface area contributed by atoms with E-state index in [0.29, 0.717) is 11.8 Å². The molecule has 1 aromatic rings. The predicted octanol–water partition coefficient (Wildman–Crippen LogP) is 3.95. The minimum Gasteiger partial charge on any atom is -0.384 e. The van der Waals surface area contributed by atoms with Gasteiger partial charge in [-0.25, -0.2) is 4.98 Å². The fourth-order valence-corrected chi connectivity index (χ4v) is 3.25. The number of rotatable bonds is 4. The Kier molecular flexibility index (Phi) is 4.31. The standard InChI is InChI=1S/C15H27N3/c1-4-11(5-2)13-14(16)18(3)15(17-13)12-9-7-6-8-10-12/h11-12H,4-10,16H2,1-3H3. The lowest BCUT2D eigenvalue weighted by Gasteiger charge is -2.21. The van der Waals surface area contributed by atoms with Gasteiger partial charge in [-0.3, -0.25) is 0 Å². The lowest BCUT2D eigenvalue weighted by atomic mass is 9.88. The van der Waals surface area contributed by atoms with Crippen LogP contribution in [0.2, 0.25) is 0 Å². The molecule has 18 heavy (non-hydrogen) atoms. The van der Waals surface area contributed by atoms with E-state index in [9.17, 15) is 0 Å². The van der Waals surface area contributed by atoms with Gasteiger partial charge in [-0.2, -0.15) is 0 Å². The average Bonchev–Trinajstić information content (AvgIpc) is 2.70. The molecule has 1 heterocycles. The molecule has 0 aliphatic heterocycles. The average molecular weight is 249 g/mol. The zero-order valence-corrected chi connectivity index (χ0v) is 12.1. The van der Waals surface area contributed by atoms with Gasteiger partial charge in [0.1, 0.15) is 11.6 Å². The Morgan fingerprint density at radius 2 is 1.83 bits per heavy atom. The van der Waals surface area contributed by atoms with E-state index in [1.54, 1.807) is 0 Å². The summed E-state index contributed by atoms with van der Waals surface area (Å²) in [6, 6.07) is 0.